The van der Waals surface area contributed by atoms with Crippen molar-refractivity contribution in [2.75, 3.05) is 26.4 Å². The van der Waals surface area contributed by atoms with Crippen LogP contribution in [0.5, 0.6) is 0 Å². The molecule has 7 nitrogen and oxygen atoms in total. The van der Waals surface area contributed by atoms with Gasteiger partial charge in [0.05, 0.1) is 13.2 Å². The molecule has 2 aromatic carbocycles. The summed E-state index contributed by atoms with van der Waals surface area (Å²) in [7, 11) is 0. The Morgan fingerprint density at radius 3 is 1.26 bits per heavy atom. The molecule has 0 aliphatic carbocycles. The highest BCUT2D eigenvalue weighted by Gasteiger charge is 2.20. The van der Waals surface area contributed by atoms with Gasteiger partial charge in [-0.3, -0.25) is 4.79 Å². The summed E-state index contributed by atoms with van der Waals surface area (Å²) in [6.07, 6.45) is 0. The van der Waals surface area contributed by atoms with Crippen LogP contribution in [0.1, 0.15) is 43.6 Å². The molecule has 0 spiro atoms. The third-order valence-corrected chi connectivity index (χ3v) is 11.0. The first-order valence-electron chi connectivity index (χ1n) is 12.5. The average Bonchev–Trinajstić information content (AvgIpc) is 2.91. The summed E-state index contributed by atoms with van der Waals surface area (Å²) >= 11 is 17.3. The number of thioether (sulfide) groups is 2. The molecule has 13 heteroatoms. The molecule has 0 fully saturated rings. The van der Waals surface area contributed by atoms with Gasteiger partial charge in [-0.25, -0.2) is 9.59 Å². The third kappa shape index (κ3) is 11.9. The monoisotopic (exact) mass is 870 g/mol. The molecular weight excluding hydrogens is 844 g/mol. The van der Waals surface area contributed by atoms with Crippen molar-refractivity contribution in [2.24, 2.45) is 0 Å². The number of hydrogen-bond acceptors (Lipinski definition) is 9. The molecule has 0 saturated heterocycles. The molecule has 42 heavy (non-hydrogen) atoms. The van der Waals surface area contributed by atoms with Crippen molar-refractivity contribution in [3.8, 4) is 0 Å². The lowest BCUT2D eigenvalue weighted by molar-refractivity contribution is -0.141. The van der Waals surface area contributed by atoms with E-state index >= 15 is 0 Å². The Balaban J connectivity index is 2.02. The molecule has 0 N–H and O–H groups in total. The van der Waals surface area contributed by atoms with Crippen molar-refractivity contribution in [3.63, 3.8) is 0 Å². The van der Waals surface area contributed by atoms with Crippen LogP contribution in [0.2, 0.25) is 0 Å². The summed E-state index contributed by atoms with van der Waals surface area (Å²) in [4.78, 5) is 38.1. The molecule has 2 rings (SSSR count). The van der Waals surface area contributed by atoms with Crippen LogP contribution in [0.4, 0.5) is 0 Å². The summed E-state index contributed by atoms with van der Waals surface area (Å²) < 4.78 is 24.5. The molecule has 0 amide bonds. The molecule has 0 aliphatic rings. The van der Waals surface area contributed by atoms with E-state index in [0.717, 1.165) is 27.7 Å². The second kappa shape index (κ2) is 18.1. The molecule has 0 bridgehead atoms. The lowest BCUT2D eigenvalue weighted by Gasteiger charge is -2.17. The first-order valence-corrected chi connectivity index (χ1v) is 17.4. The van der Waals surface area contributed by atoms with Gasteiger partial charge in [0.25, 0.3) is 0 Å². The van der Waals surface area contributed by atoms with Crippen molar-refractivity contribution >= 4 is 105 Å². The number of ether oxygens (including phenoxy) is 4. The van der Waals surface area contributed by atoms with Crippen LogP contribution in [-0.4, -0.2) is 55.0 Å². The van der Waals surface area contributed by atoms with Gasteiger partial charge in [0, 0.05) is 50.0 Å². The largest absolute Gasteiger partial charge is 0.460 e. The van der Waals surface area contributed by atoms with Crippen LogP contribution < -0.4 is 0 Å². The Hall–Kier alpha value is -0.930. The highest BCUT2D eigenvalue weighted by atomic mass is 79.9. The maximum absolute atomic E-state index is 13.4. The minimum absolute atomic E-state index is 0.133. The fourth-order valence-electron chi connectivity index (χ4n) is 3.12. The van der Waals surface area contributed by atoms with E-state index < -0.39 is 11.9 Å². The molecule has 0 saturated carbocycles. The molecule has 0 aromatic heterocycles. The van der Waals surface area contributed by atoms with E-state index in [0.29, 0.717) is 22.3 Å². The van der Waals surface area contributed by atoms with Gasteiger partial charge in [-0.1, -0.05) is 36.7 Å². The van der Waals surface area contributed by atoms with E-state index in [4.69, 9.17) is 18.9 Å². The zero-order valence-electron chi connectivity index (χ0n) is 23.4. The van der Waals surface area contributed by atoms with Crippen molar-refractivity contribution in [1.82, 2.24) is 0 Å². The van der Waals surface area contributed by atoms with Gasteiger partial charge in [0.2, 0.25) is 0 Å². The number of halogens is 4. The van der Waals surface area contributed by atoms with Gasteiger partial charge in [0.1, 0.15) is 24.1 Å². The highest BCUT2D eigenvalue weighted by Crippen LogP contribution is 2.41. The Morgan fingerprint density at radius 1 is 0.667 bits per heavy atom. The Bertz CT molecular complexity index is 1200. The second-order valence-corrected chi connectivity index (χ2v) is 14.8. The normalized spacial score (nSPS) is 12.4. The van der Waals surface area contributed by atoms with E-state index in [1.54, 1.807) is 38.1 Å². The quantitative estimate of drug-likeness (QED) is 0.0410. The summed E-state index contributed by atoms with van der Waals surface area (Å²) in [6.45, 7) is 14.8. The molecular formula is C29H30Br4O7S2. The van der Waals surface area contributed by atoms with Crippen molar-refractivity contribution in [2.45, 2.75) is 48.4 Å². The van der Waals surface area contributed by atoms with Crippen LogP contribution in [-0.2, 0) is 28.5 Å². The van der Waals surface area contributed by atoms with Crippen molar-refractivity contribution in [3.05, 3.63) is 77.6 Å². The number of carbonyl (C=O) groups excluding carboxylic acids is 3. The Morgan fingerprint density at radius 2 is 0.976 bits per heavy atom. The average molecular weight is 874 g/mol. The lowest BCUT2D eigenvalue weighted by atomic mass is 10.0. The van der Waals surface area contributed by atoms with Gasteiger partial charge in [-0.2, -0.15) is 0 Å². The van der Waals surface area contributed by atoms with Gasteiger partial charge >= 0.3 is 11.9 Å². The molecule has 2 aromatic rings. The van der Waals surface area contributed by atoms with E-state index in [1.807, 2.05) is 13.8 Å². The number of rotatable bonds is 16. The summed E-state index contributed by atoms with van der Waals surface area (Å²) in [5.74, 6) is -1.05. The summed E-state index contributed by atoms with van der Waals surface area (Å²) in [5, 5.41) is 0. The predicted molar refractivity (Wildman–Crippen MR) is 181 cm³/mol. The molecule has 0 aliphatic heterocycles. The Labute approximate surface area is 288 Å². The fourth-order valence-corrected chi connectivity index (χ4v) is 8.29. The molecule has 0 radical (unpaired) electrons. The lowest BCUT2D eigenvalue weighted by Crippen LogP contribution is -2.14. The number of benzene rings is 2. The number of hydrogen-bond donors (Lipinski definition) is 0. The van der Waals surface area contributed by atoms with Crippen LogP contribution in [0.15, 0.2) is 76.3 Å². The van der Waals surface area contributed by atoms with Gasteiger partial charge < -0.3 is 18.9 Å². The third-order valence-electron chi connectivity index (χ3n) is 5.12. The van der Waals surface area contributed by atoms with Crippen LogP contribution >= 0.6 is 87.2 Å². The van der Waals surface area contributed by atoms with Crippen LogP contribution in [0, 0.1) is 0 Å². The van der Waals surface area contributed by atoms with E-state index in [-0.39, 0.29) is 43.1 Å². The van der Waals surface area contributed by atoms with Crippen molar-refractivity contribution < 1.29 is 33.3 Å². The minimum atomic E-state index is -0.448. The van der Waals surface area contributed by atoms with Crippen molar-refractivity contribution in [1.29, 1.82) is 0 Å². The zero-order valence-corrected chi connectivity index (χ0v) is 31.4. The van der Waals surface area contributed by atoms with E-state index in [1.165, 1.54) is 23.5 Å². The summed E-state index contributed by atoms with van der Waals surface area (Å²) in [6, 6.07) is 7.10. The second-order valence-electron chi connectivity index (χ2n) is 8.81. The fraction of sp³-hybridized carbons (Fsp3) is 0.345. The number of ketones is 1. The number of esters is 2. The zero-order chi connectivity index (χ0) is 31.6. The molecule has 2 unspecified atom stereocenters. The highest BCUT2D eigenvalue weighted by molar-refractivity contribution is 9.11. The van der Waals surface area contributed by atoms with Gasteiger partial charge in [0.15, 0.2) is 5.78 Å². The molecule has 0 heterocycles. The maximum Gasteiger partial charge on any atom is 0.333 e. The summed E-state index contributed by atoms with van der Waals surface area (Å²) in [5.41, 5.74) is 1.20. The first kappa shape index (κ1) is 37.3. The SMILES string of the molecule is C=C(C)C(=O)OCCOC(C)Sc1c(Br)cc(C(=O)c2cc(Br)c(SC(C)OCCOC(=O)C(=C)C)c(Br)c2)cc1Br. The minimum Gasteiger partial charge on any atom is -0.460 e. The van der Waals surface area contributed by atoms with Gasteiger partial charge in [-0.05, 0) is 116 Å². The molecule has 228 valence electrons. The van der Waals surface area contributed by atoms with Crippen LogP contribution in [0.25, 0.3) is 0 Å². The molecule has 2 atom stereocenters. The Kier molecular flexibility index (Phi) is 16.1. The smallest absolute Gasteiger partial charge is 0.333 e. The predicted octanol–water partition coefficient (Wildman–Crippen LogP) is 9.12. The van der Waals surface area contributed by atoms with E-state index in [2.05, 4.69) is 76.9 Å². The van der Waals surface area contributed by atoms with Gasteiger partial charge in [-0.15, -0.1) is 0 Å². The van der Waals surface area contributed by atoms with Crippen LogP contribution in [0.3, 0.4) is 0 Å². The van der Waals surface area contributed by atoms with E-state index in [9.17, 15) is 14.4 Å². The number of carbonyl (C=O) groups is 3. The topological polar surface area (TPSA) is 88.1 Å². The first-order chi connectivity index (χ1) is 19.7. The standard InChI is InChI=1S/C29H30Br4O7S2/c1-15(2)28(35)39-9-7-37-17(5)41-26-21(30)11-19(12-22(26)31)25(34)20-13-23(32)27(24(33)14-20)42-18(6)38-8-10-40-29(36)16(3)4/h11-14,17-18H,1,3,7-10H2,2,4-6H3. The maximum atomic E-state index is 13.4.